The summed E-state index contributed by atoms with van der Waals surface area (Å²) in [5.41, 5.74) is 7.86. The SMILES string of the molecule is COCCN(Cc1c(N)cccc1Cl)C(C)C1CC1. The van der Waals surface area contributed by atoms with Gasteiger partial charge in [-0.05, 0) is 37.8 Å². The van der Waals surface area contributed by atoms with Crippen LogP contribution in [0.5, 0.6) is 0 Å². The number of hydrogen-bond donors (Lipinski definition) is 1. The summed E-state index contributed by atoms with van der Waals surface area (Å²) in [6.07, 6.45) is 2.67. The van der Waals surface area contributed by atoms with Crippen LogP contribution >= 0.6 is 11.6 Å². The van der Waals surface area contributed by atoms with E-state index in [-0.39, 0.29) is 0 Å². The van der Waals surface area contributed by atoms with Gasteiger partial charge in [0.25, 0.3) is 0 Å². The Hall–Kier alpha value is -0.770. The van der Waals surface area contributed by atoms with Gasteiger partial charge in [-0.1, -0.05) is 17.7 Å². The van der Waals surface area contributed by atoms with Crippen LogP contribution in [0.1, 0.15) is 25.3 Å². The minimum atomic E-state index is 0.561. The summed E-state index contributed by atoms with van der Waals surface area (Å²) in [6, 6.07) is 6.28. The first-order chi connectivity index (χ1) is 9.13. The Labute approximate surface area is 120 Å². The molecule has 3 nitrogen and oxygen atoms in total. The van der Waals surface area contributed by atoms with Crippen LogP contribution in [-0.4, -0.2) is 31.2 Å². The van der Waals surface area contributed by atoms with Crippen molar-refractivity contribution in [2.75, 3.05) is 26.0 Å². The topological polar surface area (TPSA) is 38.5 Å². The van der Waals surface area contributed by atoms with Crippen molar-refractivity contribution in [3.8, 4) is 0 Å². The minimum absolute atomic E-state index is 0.561. The molecule has 0 aliphatic heterocycles. The van der Waals surface area contributed by atoms with Crippen molar-refractivity contribution in [1.82, 2.24) is 4.90 Å². The van der Waals surface area contributed by atoms with E-state index < -0.39 is 0 Å². The predicted octanol–water partition coefficient (Wildman–Crippen LogP) is 3.17. The molecular formula is C15H23ClN2O. The number of rotatable bonds is 7. The van der Waals surface area contributed by atoms with Gasteiger partial charge in [0.2, 0.25) is 0 Å². The van der Waals surface area contributed by atoms with Gasteiger partial charge in [-0.2, -0.15) is 0 Å². The van der Waals surface area contributed by atoms with E-state index in [0.717, 1.165) is 41.9 Å². The number of nitrogen functional groups attached to an aromatic ring is 1. The quantitative estimate of drug-likeness (QED) is 0.781. The van der Waals surface area contributed by atoms with Gasteiger partial charge in [-0.25, -0.2) is 0 Å². The Morgan fingerprint density at radius 3 is 2.79 bits per heavy atom. The zero-order chi connectivity index (χ0) is 13.8. The van der Waals surface area contributed by atoms with Crippen LogP contribution < -0.4 is 5.73 Å². The van der Waals surface area contributed by atoms with Crippen molar-refractivity contribution >= 4 is 17.3 Å². The Bertz CT molecular complexity index is 400. The van der Waals surface area contributed by atoms with E-state index in [1.165, 1.54) is 12.8 Å². The molecule has 0 radical (unpaired) electrons. The lowest BCUT2D eigenvalue weighted by Gasteiger charge is -2.29. The molecule has 2 N–H and O–H groups in total. The Morgan fingerprint density at radius 2 is 2.21 bits per heavy atom. The highest BCUT2D eigenvalue weighted by molar-refractivity contribution is 6.31. The van der Waals surface area contributed by atoms with Gasteiger partial charge >= 0.3 is 0 Å². The molecular weight excluding hydrogens is 260 g/mol. The smallest absolute Gasteiger partial charge is 0.0589 e. The molecule has 4 heteroatoms. The zero-order valence-corrected chi connectivity index (χ0v) is 12.5. The van der Waals surface area contributed by atoms with Crippen molar-refractivity contribution in [2.45, 2.75) is 32.4 Å². The lowest BCUT2D eigenvalue weighted by Crippen LogP contribution is -2.36. The molecule has 1 aromatic rings. The normalized spacial score (nSPS) is 16.8. The number of halogens is 1. The van der Waals surface area contributed by atoms with Gasteiger partial charge in [0.1, 0.15) is 0 Å². The molecule has 2 rings (SSSR count). The van der Waals surface area contributed by atoms with Crippen molar-refractivity contribution in [3.05, 3.63) is 28.8 Å². The Morgan fingerprint density at radius 1 is 1.47 bits per heavy atom. The summed E-state index contributed by atoms with van der Waals surface area (Å²) in [5.74, 6) is 0.820. The van der Waals surface area contributed by atoms with Crippen LogP contribution in [0.4, 0.5) is 5.69 Å². The van der Waals surface area contributed by atoms with E-state index >= 15 is 0 Å². The number of anilines is 1. The summed E-state index contributed by atoms with van der Waals surface area (Å²) in [6.45, 7) is 4.74. The van der Waals surface area contributed by atoms with Gasteiger partial charge in [0, 0.05) is 42.5 Å². The summed E-state index contributed by atoms with van der Waals surface area (Å²) in [5, 5.41) is 0.755. The maximum atomic E-state index is 6.27. The number of nitrogens with zero attached hydrogens (tertiary/aromatic N) is 1. The van der Waals surface area contributed by atoms with Crippen LogP contribution in [0.2, 0.25) is 5.02 Å². The first-order valence-corrected chi connectivity index (χ1v) is 7.27. The molecule has 0 saturated heterocycles. The molecule has 1 aliphatic carbocycles. The van der Waals surface area contributed by atoms with Crippen molar-refractivity contribution in [1.29, 1.82) is 0 Å². The number of methoxy groups -OCH3 is 1. The highest BCUT2D eigenvalue weighted by Gasteiger charge is 2.32. The third-order valence-corrected chi connectivity index (χ3v) is 4.33. The monoisotopic (exact) mass is 282 g/mol. The van der Waals surface area contributed by atoms with Crippen molar-refractivity contribution in [3.63, 3.8) is 0 Å². The first kappa shape index (κ1) is 14.6. The number of hydrogen-bond acceptors (Lipinski definition) is 3. The standard InChI is InChI=1S/C15H23ClN2O/c1-11(12-6-7-12)18(8-9-19-2)10-13-14(16)4-3-5-15(13)17/h3-5,11-12H,6-10,17H2,1-2H3. The second-order valence-electron chi connectivity index (χ2n) is 5.35. The zero-order valence-electron chi connectivity index (χ0n) is 11.7. The molecule has 106 valence electrons. The third kappa shape index (κ3) is 3.85. The summed E-state index contributed by atoms with van der Waals surface area (Å²) in [7, 11) is 1.74. The van der Waals surface area contributed by atoms with Gasteiger partial charge in [-0.15, -0.1) is 0 Å². The molecule has 0 amide bonds. The Balaban J connectivity index is 2.09. The first-order valence-electron chi connectivity index (χ1n) is 6.89. The molecule has 0 heterocycles. The average Bonchev–Trinajstić information content (AvgIpc) is 3.21. The summed E-state index contributed by atoms with van der Waals surface area (Å²) >= 11 is 6.27. The molecule has 0 aromatic heterocycles. The van der Waals surface area contributed by atoms with E-state index in [0.29, 0.717) is 6.04 Å². The van der Waals surface area contributed by atoms with E-state index in [9.17, 15) is 0 Å². The van der Waals surface area contributed by atoms with Crippen molar-refractivity contribution in [2.24, 2.45) is 5.92 Å². The second-order valence-corrected chi connectivity index (χ2v) is 5.76. The van der Waals surface area contributed by atoms with E-state index in [4.69, 9.17) is 22.1 Å². The lowest BCUT2D eigenvalue weighted by molar-refractivity contribution is 0.112. The van der Waals surface area contributed by atoms with E-state index in [1.807, 2.05) is 18.2 Å². The maximum absolute atomic E-state index is 6.27. The molecule has 1 unspecified atom stereocenters. The largest absolute Gasteiger partial charge is 0.398 e. The average molecular weight is 283 g/mol. The molecule has 19 heavy (non-hydrogen) atoms. The fraction of sp³-hybridized carbons (Fsp3) is 0.600. The number of nitrogens with two attached hydrogens (primary N) is 1. The van der Waals surface area contributed by atoms with Crippen molar-refractivity contribution < 1.29 is 4.74 Å². The fourth-order valence-electron chi connectivity index (χ4n) is 2.46. The van der Waals surface area contributed by atoms with Crippen LogP contribution in [0.15, 0.2) is 18.2 Å². The molecule has 1 aliphatic rings. The maximum Gasteiger partial charge on any atom is 0.0589 e. The van der Waals surface area contributed by atoms with Gasteiger partial charge < -0.3 is 10.5 Å². The van der Waals surface area contributed by atoms with Gasteiger partial charge in [0.15, 0.2) is 0 Å². The molecule has 1 atom stereocenters. The van der Waals surface area contributed by atoms with E-state index in [2.05, 4.69) is 11.8 Å². The van der Waals surface area contributed by atoms with Crippen LogP contribution in [0.3, 0.4) is 0 Å². The molecule has 1 aromatic carbocycles. The molecule has 1 fully saturated rings. The lowest BCUT2D eigenvalue weighted by atomic mass is 10.1. The second kappa shape index (κ2) is 6.60. The molecule has 1 saturated carbocycles. The highest BCUT2D eigenvalue weighted by atomic mass is 35.5. The Kier molecular flexibility index (Phi) is 5.08. The van der Waals surface area contributed by atoms with Crippen LogP contribution in [0, 0.1) is 5.92 Å². The van der Waals surface area contributed by atoms with Gasteiger partial charge in [0.05, 0.1) is 6.61 Å². The third-order valence-electron chi connectivity index (χ3n) is 3.98. The molecule has 0 bridgehead atoms. The number of benzene rings is 1. The van der Waals surface area contributed by atoms with Crippen LogP contribution in [0.25, 0.3) is 0 Å². The van der Waals surface area contributed by atoms with E-state index in [1.54, 1.807) is 7.11 Å². The summed E-state index contributed by atoms with van der Waals surface area (Å²) in [4.78, 5) is 2.43. The number of ether oxygens (including phenoxy) is 1. The van der Waals surface area contributed by atoms with Gasteiger partial charge in [-0.3, -0.25) is 4.90 Å². The molecule has 0 spiro atoms. The summed E-state index contributed by atoms with van der Waals surface area (Å²) < 4.78 is 5.21. The fourth-order valence-corrected chi connectivity index (χ4v) is 2.70. The predicted molar refractivity (Wildman–Crippen MR) is 80.3 cm³/mol. The van der Waals surface area contributed by atoms with Crippen LogP contribution in [-0.2, 0) is 11.3 Å². The minimum Gasteiger partial charge on any atom is -0.398 e. The highest BCUT2D eigenvalue weighted by Crippen LogP contribution is 2.36.